The molecule has 0 unspecified atom stereocenters. The predicted octanol–water partition coefficient (Wildman–Crippen LogP) is 5.44. The van der Waals surface area contributed by atoms with E-state index in [2.05, 4.69) is 69.3 Å². The van der Waals surface area contributed by atoms with Crippen molar-refractivity contribution in [3.63, 3.8) is 0 Å². The second-order valence-electron chi connectivity index (χ2n) is 5.64. The Kier molecular flexibility index (Phi) is 3.42. The van der Waals surface area contributed by atoms with Gasteiger partial charge < -0.3 is 4.74 Å². The van der Waals surface area contributed by atoms with Crippen molar-refractivity contribution in [2.45, 2.75) is 20.8 Å². The summed E-state index contributed by atoms with van der Waals surface area (Å²) < 4.78 is 5.65. The van der Waals surface area contributed by atoms with Crippen LogP contribution >= 0.6 is 0 Å². The monoisotopic (exact) mass is 276 g/mol. The molecule has 0 heterocycles. The molecule has 0 bridgehead atoms. The lowest BCUT2D eigenvalue weighted by molar-refractivity contribution is 0.417. The molecule has 0 radical (unpaired) electrons. The molecule has 1 heteroatoms. The number of ether oxygens (including phenoxy) is 1. The van der Waals surface area contributed by atoms with Crippen LogP contribution in [0.15, 0.2) is 48.5 Å². The van der Waals surface area contributed by atoms with Gasteiger partial charge in [-0.15, -0.1) is 0 Å². The summed E-state index contributed by atoms with van der Waals surface area (Å²) in [4.78, 5) is 0. The van der Waals surface area contributed by atoms with Crippen molar-refractivity contribution < 1.29 is 4.74 Å². The van der Waals surface area contributed by atoms with Gasteiger partial charge in [-0.25, -0.2) is 0 Å². The summed E-state index contributed by atoms with van der Waals surface area (Å²) >= 11 is 0. The number of rotatable bonds is 2. The van der Waals surface area contributed by atoms with E-state index in [4.69, 9.17) is 4.74 Å². The average molecular weight is 276 g/mol. The standard InChI is InChI=1S/C20H20O/c1-13-11-14(2)19(15(3)12-13)20-17-8-6-5-7-16(17)9-10-18(20)21-4/h5-12H,1-4H3. The zero-order valence-electron chi connectivity index (χ0n) is 13.0. The van der Waals surface area contributed by atoms with Gasteiger partial charge in [0.25, 0.3) is 0 Å². The highest BCUT2D eigenvalue weighted by Crippen LogP contribution is 2.40. The van der Waals surface area contributed by atoms with Crippen molar-refractivity contribution >= 4 is 10.8 Å². The second kappa shape index (κ2) is 5.25. The summed E-state index contributed by atoms with van der Waals surface area (Å²) in [7, 11) is 1.74. The average Bonchev–Trinajstić information content (AvgIpc) is 2.46. The van der Waals surface area contributed by atoms with Crippen LogP contribution in [0.25, 0.3) is 21.9 Å². The first kappa shape index (κ1) is 13.7. The molecule has 106 valence electrons. The Bertz CT molecular complexity index is 792. The fourth-order valence-corrected chi connectivity index (χ4v) is 3.25. The van der Waals surface area contributed by atoms with Crippen molar-refractivity contribution in [2.75, 3.05) is 7.11 Å². The van der Waals surface area contributed by atoms with Gasteiger partial charge in [0, 0.05) is 5.56 Å². The molecule has 0 aromatic heterocycles. The molecule has 0 aliphatic heterocycles. The van der Waals surface area contributed by atoms with Crippen molar-refractivity contribution in [3.05, 3.63) is 65.2 Å². The first-order valence-electron chi connectivity index (χ1n) is 7.26. The zero-order valence-corrected chi connectivity index (χ0v) is 13.0. The largest absolute Gasteiger partial charge is 0.496 e. The highest BCUT2D eigenvalue weighted by atomic mass is 16.5. The molecule has 3 rings (SSSR count). The maximum absolute atomic E-state index is 5.65. The van der Waals surface area contributed by atoms with E-state index in [1.807, 2.05) is 0 Å². The van der Waals surface area contributed by atoms with E-state index in [-0.39, 0.29) is 0 Å². The quantitative estimate of drug-likeness (QED) is 0.605. The molecule has 0 aliphatic rings. The number of hydrogen-bond donors (Lipinski definition) is 0. The van der Waals surface area contributed by atoms with Gasteiger partial charge in [-0.3, -0.25) is 0 Å². The van der Waals surface area contributed by atoms with Gasteiger partial charge in [-0.1, -0.05) is 48.0 Å². The van der Waals surface area contributed by atoms with Crippen LogP contribution in [0.4, 0.5) is 0 Å². The first-order chi connectivity index (χ1) is 10.1. The minimum atomic E-state index is 0.934. The van der Waals surface area contributed by atoms with Crippen molar-refractivity contribution in [1.29, 1.82) is 0 Å². The summed E-state index contributed by atoms with van der Waals surface area (Å²) in [5.74, 6) is 0.934. The van der Waals surface area contributed by atoms with Gasteiger partial charge in [0.15, 0.2) is 0 Å². The maximum atomic E-state index is 5.65. The first-order valence-corrected chi connectivity index (χ1v) is 7.26. The maximum Gasteiger partial charge on any atom is 0.127 e. The zero-order chi connectivity index (χ0) is 15.0. The van der Waals surface area contributed by atoms with Crippen molar-refractivity contribution in [3.8, 4) is 16.9 Å². The van der Waals surface area contributed by atoms with Crippen LogP contribution < -0.4 is 4.74 Å². The molecular weight excluding hydrogens is 256 g/mol. The van der Waals surface area contributed by atoms with Crippen LogP contribution in [-0.2, 0) is 0 Å². The van der Waals surface area contributed by atoms with Crippen molar-refractivity contribution in [2.24, 2.45) is 0 Å². The lowest BCUT2D eigenvalue weighted by Gasteiger charge is -2.17. The van der Waals surface area contributed by atoms with Gasteiger partial charge in [-0.05, 0) is 54.3 Å². The number of methoxy groups -OCH3 is 1. The smallest absolute Gasteiger partial charge is 0.127 e. The third kappa shape index (κ3) is 2.29. The van der Waals surface area contributed by atoms with E-state index in [9.17, 15) is 0 Å². The Balaban J connectivity index is 2.44. The Morgan fingerprint density at radius 3 is 2.10 bits per heavy atom. The van der Waals surface area contributed by atoms with Gasteiger partial charge in [0.2, 0.25) is 0 Å². The SMILES string of the molecule is COc1ccc2ccccc2c1-c1c(C)cc(C)cc1C. The van der Waals surface area contributed by atoms with Crippen LogP contribution in [0.5, 0.6) is 5.75 Å². The third-order valence-electron chi connectivity index (χ3n) is 4.04. The van der Waals surface area contributed by atoms with Crippen LogP contribution in [0, 0.1) is 20.8 Å². The van der Waals surface area contributed by atoms with E-state index < -0.39 is 0 Å². The van der Waals surface area contributed by atoms with E-state index >= 15 is 0 Å². The van der Waals surface area contributed by atoms with E-state index in [1.165, 1.54) is 38.6 Å². The molecule has 0 saturated carbocycles. The fourth-order valence-electron chi connectivity index (χ4n) is 3.25. The Morgan fingerprint density at radius 1 is 0.762 bits per heavy atom. The number of fused-ring (bicyclic) bond motifs is 1. The molecule has 0 spiro atoms. The van der Waals surface area contributed by atoms with E-state index in [0.717, 1.165) is 5.75 Å². The lowest BCUT2D eigenvalue weighted by atomic mass is 9.90. The summed E-state index contributed by atoms with van der Waals surface area (Å²) in [6.45, 7) is 6.50. The minimum Gasteiger partial charge on any atom is -0.496 e. The Labute approximate surface area is 126 Å². The molecule has 3 aromatic carbocycles. The minimum absolute atomic E-state index is 0.934. The molecule has 1 nitrogen and oxygen atoms in total. The van der Waals surface area contributed by atoms with Crippen molar-refractivity contribution in [1.82, 2.24) is 0 Å². The third-order valence-corrected chi connectivity index (χ3v) is 4.04. The normalized spacial score (nSPS) is 10.9. The molecule has 0 N–H and O–H groups in total. The number of hydrogen-bond acceptors (Lipinski definition) is 1. The van der Waals surface area contributed by atoms with E-state index in [1.54, 1.807) is 7.11 Å². The summed E-state index contributed by atoms with van der Waals surface area (Å²) in [6.07, 6.45) is 0. The lowest BCUT2D eigenvalue weighted by Crippen LogP contribution is -1.95. The van der Waals surface area contributed by atoms with Gasteiger partial charge in [0.05, 0.1) is 7.11 Å². The van der Waals surface area contributed by atoms with Crippen LogP contribution in [0.3, 0.4) is 0 Å². The summed E-state index contributed by atoms with van der Waals surface area (Å²) in [5.41, 5.74) is 6.37. The highest BCUT2D eigenvalue weighted by Gasteiger charge is 2.15. The Hall–Kier alpha value is -2.28. The molecule has 21 heavy (non-hydrogen) atoms. The Morgan fingerprint density at radius 2 is 1.43 bits per heavy atom. The highest BCUT2D eigenvalue weighted by molar-refractivity contribution is 6.01. The van der Waals surface area contributed by atoms with Gasteiger partial charge >= 0.3 is 0 Å². The van der Waals surface area contributed by atoms with Crippen LogP contribution in [0.1, 0.15) is 16.7 Å². The second-order valence-corrected chi connectivity index (χ2v) is 5.64. The van der Waals surface area contributed by atoms with Crippen LogP contribution in [0.2, 0.25) is 0 Å². The molecule has 0 saturated heterocycles. The fraction of sp³-hybridized carbons (Fsp3) is 0.200. The van der Waals surface area contributed by atoms with E-state index in [0.29, 0.717) is 0 Å². The molecule has 0 amide bonds. The summed E-state index contributed by atoms with van der Waals surface area (Å²) in [5, 5.41) is 2.49. The molecular formula is C20H20O. The number of benzene rings is 3. The molecule has 3 aromatic rings. The van der Waals surface area contributed by atoms with Gasteiger partial charge in [0.1, 0.15) is 5.75 Å². The molecule has 0 atom stereocenters. The van der Waals surface area contributed by atoms with Gasteiger partial charge in [-0.2, -0.15) is 0 Å². The molecule has 0 aliphatic carbocycles. The summed E-state index contributed by atoms with van der Waals surface area (Å²) in [6, 6.07) is 17.2. The topological polar surface area (TPSA) is 9.23 Å². The van der Waals surface area contributed by atoms with Crippen LogP contribution in [-0.4, -0.2) is 7.11 Å². The molecule has 0 fully saturated rings. The predicted molar refractivity (Wildman–Crippen MR) is 90.1 cm³/mol. The number of aryl methyl sites for hydroxylation is 3.